The van der Waals surface area contributed by atoms with Crippen LogP contribution < -0.4 is 10.2 Å². The molecule has 0 aliphatic carbocycles. The molecule has 0 saturated carbocycles. The lowest BCUT2D eigenvalue weighted by Gasteiger charge is -2.19. The zero-order valence-electron chi connectivity index (χ0n) is 9.88. The number of halogens is 3. The fourth-order valence-corrected chi connectivity index (χ4v) is 1.40. The van der Waals surface area contributed by atoms with Crippen LogP contribution in [0.5, 0.6) is 0 Å². The number of anilines is 1. The van der Waals surface area contributed by atoms with Crippen molar-refractivity contribution in [2.24, 2.45) is 0 Å². The van der Waals surface area contributed by atoms with Crippen LogP contribution in [0, 0.1) is 0 Å². The molecule has 1 heterocycles. The molecular weight excluding hydrogens is 231 g/mol. The quantitative estimate of drug-likeness (QED) is 0.808. The van der Waals surface area contributed by atoms with Crippen molar-refractivity contribution < 1.29 is 13.2 Å². The number of hydrogen-bond donors (Lipinski definition) is 1. The molecule has 0 aliphatic rings. The van der Waals surface area contributed by atoms with Gasteiger partial charge < -0.3 is 10.2 Å². The molecule has 0 spiro atoms. The van der Waals surface area contributed by atoms with Crippen molar-refractivity contribution in [1.82, 2.24) is 10.3 Å². The topological polar surface area (TPSA) is 28.2 Å². The Bertz CT molecular complexity index is 352. The molecule has 0 fully saturated rings. The van der Waals surface area contributed by atoms with Gasteiger partial charge in [0, 0.05) is 13.6 Å². The van der Waals surface area contributed by atoms with Gasteiger partial charge >= 0.3 is 6.18 Å². The highest BCUT2D eigenvalue weighted by atomic mass is 19.4. The normalized spacial score (nSPS) is 11.6. The van der Waals surface area contributed by atoms with Crippen LogP contribution in [-0.4, -0.2) is 32.2 Å². The molecule has 17 heavy (non-hydrogen) atoms. The molecule has 0 amide bonds. The van der Waals surface area contributed by atoms with E-state index < -0.39 is 11.9 Å². The fraction of sp³-hybridized carbons (Fsp3) is 0.545. The average molecular weight is 247 g/mol. The molecule has 1 rings (SSSR count). The number of nitrogens with one attached hydrogen (secondary N) is 1. The number of pyridine rings is 1. The predicted octanol–water partition coefficient (Wildman–Crippen LogP) is 2.15. The zero-order chi connectivity index (χ0) is 12.9. The number of hydrogen-bond acceptors (Lipinski definition) is 3. The summed E-state index contributed by atoms with van der Waals surface area (Å²) in [6.45, 7) is 1.48. The molecule has 3 nitrogen and oxygen atoms in total. The summed E-state index contributed by atoms with van der Waals surface area (Å²) in [6, 6.07) is 3.93. The first-order valence-electron chi connectivity index (χ1n) is 5.35. The molecule has 96 valence electrons. The molecule has 0 saturated heterocycles. The Morgan fingerprint density at radius 2 is 2.06 bits per heavy atom. The molecule has 1 N–H and O–H groups in total. The SMILES string of the molecule is CNCCCN(C)c1cccc(C(F)(F)F)n1. The van der Waals surface area contributed by atoms with Crippen LogP contribution in [0.4, 0.5) is 19.0 Å². The van der Waals surface area contributed by atoms with Crippen LogP contribution >= 0.6 is 0 Å². The highest BCUT2D eigenvalue weighted by Gasteiger charge is 2.32. The maximum absolute atomic E-state index is 12.4. The third kappa shape index (κ3) is 4.22. The third-order valence-electron chi connectivity index (χ3n) is 2.34. The van der Waals surface area contributed by atoms with E-state index in [1.165, 1.54) is 6.07 Å². The van der Waals surface area contributed by atoms with Gasteiger partial charge in [0.1, 0.15) is 11.5 Å². The lowest BCUT2D eigenvalue weighted by atomic mass is 10.3. The summed E-state index contributed by atoms with van der Waals surface area (Å²) in [5.74, 6) is 0.343. The lowest BCUT2D eigenvalue weighted by molar-refractivity contribution is -0.141. The van der Waals surface area contributed by atoms with Crippen molar-refractivity contribution in [1.29, 1.82) is 0 Å². The smallest absolute Gasteiger partial charge is 0.360 e. The fourth-order valence-electron chi connectivity index (χ4n) is 1.40. The molecular formula is C11H16F3N3. The Hall–Kier alpha value is -1.30. The van der Waals surface area contributed by atoms with Gasteiger partial charge in [0.05, 0.1) is 0 Å². The van der Waals surface area contributed by atoms with E-state index in [0.717, 1.165) is 19.0 Å². The highest BCUT2D eigenvalue weighted by Crippen LogP contribution is 2.28. The second-order valence-corrected chi connectivity index (χ2v) is 3.76. The predicted molar refractivity (Wildman–Crippen MR) is 61.1 cm³/mol. The largest absolute Gasteiger partial charge is 0.433 e. The maximum Gasteiger partial charge on any atom is 0.433 e. The summed E-state index contributed by atoms with van der Waals surface area (Å²) in [6.07, 6.45) is -3.53. The summed E-state index contributed by atoms with van der Waals surface area (Å²) < 4.78 is 37.3. The second kappa shape index (κ2) is 5.86. The Morgan fingerprint density at radius 3 is 2.65 bits per heavy atom. The van der Waals surface area contributed by atoms with E-state index in [9.17, 15) is 13.2 Å². The van der Waals surface area contributed by atoms with Crippen molar-refractivity contribution in [3.05, 3.63) is 23.9 Å². The molecule has 1 aromatic rings. The van der Waals surface area contributed by atoms with Gasteiger partial charge in [-0.2, -0.15) is 13.2 Å². The molecule has 0 aromatic carbocycles. The summed E-state index contributed by atoms with van der Waals surface area (Å²) in [5.41, 5.74) is -0.851. The van der Waals surface area contributed by atoms with Crippen LogP contribution in [0.25, 0.3) is 0 Å². The summed E-state index contributed by atoms with van der Waals surface area (Å²) in [5, 5.41) is 2.98. The number of rotatable bonds is 5. The number of nitrogens with zero attached hydrogens (tertiary/aromatic N) is 2. The van der Waals surface area contributed by atoms with E-state index in [0.29, 0.717) is 12.4 Å². The first-order valence-corrected chi connectivity index (χ1v) is 5.35. The van der Waals surface area contributed by atoms with Gasteiger partial charge in [-0.25, -0.2) is 4.98 Å². The molecule has 0 unspecified atom stereocenters. The van der Waals surface area contributed by atoms with Gasteiger partial charge in [-0.1, -0.05) is 6.07 Å². The molecule has 0 atom stereocenters. The van der Waals surface area contributed by atoms with E-state index in [2.05, 4.69) is 10.3 Å². The van der Waals surface area contributed by atoms with Crippen molar-refractivity contribution in [3.63, 3.8) is 0 Å². The Balaban J connectivity index is 2.71. The second-order valence-electron chi connectivity index (χ2n) is 3.76. The Kier molecular flexibility index (Phi) is 4.74. The van der Waals surface area contributed by atoms with Gasteiger partial charge in [-0.15, -0.1) is 0 Å². The van der Waals surface area contributed by atoms with Gasteiger partial charge in [0.15, 0.2) is 0 Å². The Labute approximate surface area is 98.6 Å². The highest BCUT2D eigenvalue weighted by molar-refractivity contribution is 5.38. The first-order chi connectivity index (χ1) is 7.95. The van der Waals surface area contributed by atoms with Gasteiger partial charge in [0.25, 0.3) is 0 Å². The van der Waals surface area contributed by atoms with Crippen LogP contribution in [0.2, 0.25) is 0 Å². The van der Waals surface area contributed by atoms with Crippen LogP contribution in [0.1, 0.15) is 12.1 Å². The third-order valence-corrected chi connectivity index (χ3v) is 2.34. The summed E-state index contributed by atoms with van der Waals surface area (Å²) in [7, 11) is 3.57. The van der Waals surface area contributed by atoms with Gasteiger partial charge in [0.2, 0.25) is 0 Å². The van der Waals surface area contributed by atoms with E-state index >= 15 is 0 Å². The van der Waals surface area contributed by atoms with Crippen LogP contribution in [-0.2, 0) is 6.18 Å². The van der Waals surface area contributed by atoms with Crippen LogP contribution in [0.3, 0.4) is 0 Å². The first kappa shape index (κ1) is 13.8. The number of alkyl halides is 3. The molecule has 1 aromatic heterocycles. The Morgan fingerprint density at radius 1 is 1.35 bits per heavy atom. The minimum Gasteiger partial charge on any atom is -0.360 e. The van der Waals surface area contributed by atoms with Crippen LogP contribution in [0.15, 0.2) is 18.2 Å². The van der Waals surface area contributed by atoms with E-state index in [1.807, 2.05) is 7.05 Å². The molecule has 6 heteroatoms. The lowest BCUT2D eigenvalue weighted by Crippen LogP contribution is -2.23. The van der Waals surface area contributed by atoms with Crippen molar-refractivity contribution >= 4 is 5.82 Å². The zero-order valence-corrected chi connectivity index (χ0v) is 9.88. The van der Waals surface area contributed by atoms with Crippen molar-refractivity contribution in [2.75, 3.05) is 32.1 Å². The molecule has 0 aliphatic heterocycles. The number of aromatic nitrogens is 1. The maximum atomic E-state index is 12.4. The average Bonchev–Trinajstić information content (AvgIpc) is 2.28. The van der Waals surface area contributed by atoms with E-state index in [1.54, 1.807) is 18.0 Å². The summed E-state index contributed by atoms with van der Waals surface area (Å²) in [4.78, 5) is 5.32. The minimum absolute atomic E-state index is 0.343. The van der Waals surface area contributed by atoms with Crippen molar-refractivity contribution in [3.8, 4) is 0 Å². The summed E-state index contributed by atoms with van der Waals surface area (Å²) >= 11 is 0. The monoisotopic (exact) mass is 247 g/mol. The minimum atomic E-state index is -4.39. The van der Waals surface area contributed by atoms with Gasteiger partial charge in [-0.3, -0.25) is 0 Å². The van der Waals surface area contributed by atoms with Gasteiger partial charge in [-0.05, 0) is 32.1 Å². The molecule has 0 bridgehead atoms. The van der Waals surface area contributed by atoms with Crippen molar-refractivity contribution in [2.45, 2.75) is 12.6 Å². The standard InChI is InChI=1S/C11H16F3N3/c1-15-7-4-8-17(2)10-6-3-5-9(16-10)11(12,13)14/h3,5-6,15H,4,7-8H2,1-2H3. The molecule has 0 radical (unpaired) electrons. The van der Waals surface area contributed by atoms with E-state index in [4.69, 9.17) is 0 Å². The van der Waals surface area contributed by atoms with E-state index in [-0.39, 0.29) is 0 Å².